The number of nitrogens with one attached hydrogen (secondary N) is 1. The Morgan fingerprint density at radius 1 is 1.21 bits per heavy atom. The highest BCUT2D eigenvalue weighted by molar-refractivity contribution is 7.99. The topological polar surface area (TPSA) is 75.6 Å². The van der Waals surface area contributed by atoms with E-state index in [1.807, 2.05) is 5.32 Å². The number of halogens is 4. The fourth-order valence-corrected chi connectivity index (χ4v) is 3.36. The summed E-state index contributed by atoms with van der Waals surface area (Å²) >= 11 is 7.27. The van der Waals surface area contributed by atoms with E-state index in [0.717, 1.165) is 0 Å². The summed E-state index contributed by atoms with van der Waals surface area (Å²) in [4.78, 5) is 25.0. The Labute approximate surface area is 174 Å². The number of anilines is 1. The first-order chi connectivity index (χ1) is 13.5. The van der Waals surface area contributed by atoms with Crippen LogP contribution in [-0.2, 0) is 9.53 Å². The molecule has 2 aromatic rings. The van der Waals surface area contributed by atoms with E-state index in [1.54, 1.807) is 31.2 Å². The molecule has 1 amide bonds. The summed E-state index contributed by atoms with van der Waals surface area (Å²) in [6.07, 6.45) is -5.14. The zero-order valence-electron chi connectivity index (χ0n) is 15.3. The van der Waals surface area contributed by atoms with Gasteiger partial charge >= 0.3 is 12.1 Å². The number of rotatable bonds is 6. The minimum Gasteiger partial charge on any atom is -0.462 e. The summed E-state index contributed by atoms with van der Waals surface area (Å²) in [5.41, 5.74) is -3.30. The highest BCUT2D eigenvalue weighted by Gasteiger charge is 2.55. The molecular formula is C19H17ClF3NO4S. The molecule has 0 aromatic heterocycles. The molecule has 0 aliphatic heterocycles. The number of alkyl halides is 3. The van der Waals surface area contributed by atoms with Crippen molar-refractivity contribution in [2.24, 2.45) is 0 Å². The molecule has 10 heteroatoms. The van der Waals surface area contributed by atoms with Crippen LogP contribution in [0, 0.1) is 0 Å². The third kappa shape index (κ3) is 5.43. The largest absolute Gasteiger partial charge is 0.462 e. The Balaban J connectivity index is 2.21. The zero-order valence-corrected chi connectivity index (χ0v) is 16.9. The van der Waals surface area contributed by atoms with Gasteiger partial charge < -0.3 is 15.2 Å². The number of aliphatic hydroxyl groups is 1. The monoisotopic (exact) mass is 447 g/mol. The van der Waals surface area contributed by atoms with Crippen LogP contribution in [0.3, 0.4) is 0 Å². The first-order valence-corrected chi connectivity index (χ1v) is 9.51. The van der Waals surface area contributed by atoms with Crippen molar-refractivity contribution in [1.29, 1.82) is 0 Å². The molecule has 0 radical (unpaired) electrons. The fraction of sp³-hybridized carbons (Fsp3) is 0.263. The number of hydrogen-bond acceptors (Lipinski definition) is 5. The first kappa shape index (κ1) is 23.1. The van der Waals surface area contributed by atoms with Gasteiger partial charge in [-0.15, -0.1) is 0 Å². The summed E-state index contributed by atoms with van der Waals surface area (Å²) in [6, 6.07) is 11.0. The van der Waals surface area contributed by atoms with Crippen molar-refractivity contribution < 1.29 is 32.6 Å². The Hall–Kier alpha value is -2.23. The van der Waals surface area contributed by atoms with Gasteiger partial charge in [-0.25, -0.2) is 4.79 Å². The van der Waals surface area contributed by atoms with Crippen molar-refractivity contribution >= 4 is 40.9 Å². The van der Waals surface area contributed by atoms with Crippen LogP contribution < -0.4 is 5.32 Å². The maximum Gasteiger partial charge on any atom is 0.426 e. The number of carbonyl (C=O) groups is 2. The summed E-state index contributed by atoms with van der Waals surface area (Å²) < 4.78 is 43.3. The van der Waals surface area contributed by atoms with Crippen molar-refractivity contribution in [2.45, 2.75) is 35.4 Å². The van der Waals surface area contributed by atoms with Gasteiger partial charge in [-0.05, 0) is 44.2 Å². The number of benzene rings is 2. The molecule has 2 aromatic carbocycles. The van der Waals surface area contributed by atoms with Crippen molar-refractivity contribution in [3.63, 3.8) is 0 Å². The molecule has 29 heavy (non-hydrogen) atoms. The maximum absolute atomic E-state index is 12.8. The van der Waals surface area contributed by atoms with Gasteiger partial charge in [-0.3, -0.25) is 4.79 Å². The van der Waals surface area contributed by atoms with Crippen LogP contribution in [0.5, 0.6) is 0 Å². The minimum absolute atomic E-state index is 0.0325. The van der Waals surface area contributed by atoms with Crippen molar-refractivity contribution in [3.05, 3.63) is 53.1 Å². The van der Waals surface area contributed by atoms with Gasteiger partial charge in [0, 0.05) is 9.79 Å². The van der Waals surface area contributed by atoms with Crippen LogP contribution in [0.4, 0.5) is 18.9 Å². The number of esters is 1. The van der Waals surface area contributed by atoms with E-state index in [-0.39, 0.29) is 17.3 Å². The van der Waals surface area contributed by atoms with Crippen molar-refractivity contribution in [3.8, 4) is 0 Å². The van der Waals surface area contributed by atoms with E-state index >= 15 is 0 Å². The molecule has 0 unspecified atom stereocenters. The molecule has 5 nitrogen and oxygen atoms in total. The van der Waals surface area contributed by atoms with Gasteiger partial charge in [-0.1, -0.05) is 35.5 Å². The van der Waals surface area contributed by atoms with Gasteiger partial charge in [0.15, 0.2) is 0 Å². The van der Waals surface area contributed by atoms with Gasteiger partial charge in [0.2, 0.25) is 5.60 Å². The number of amides is 1. The average molecular weight is 448 g/mol. The van der Waals surface area contributed by atoms with E-state index in [4.69, 9.17) is 16.3 Å². The Morgan fingerprint density at radius 2 is 1.86 bits per heavy atom. The summed E-state index contributed by atoms with van der Waals surface area (Å²) in [7, 11) is 0. The second kappa shape index (κ2) is 9.06. The third-order valence-electron chi connectivity index (χ3n) is 3.79. The van der Waals surface area contributed by atoms with Gasteiger partial charge in [-0.2, -0.15) is 13.2 Å². The molecule has 0 saturated heterocycles. The highest BCUT2D eigenvalue weighted by Crippen LogP contribution is 2.36. The Bertz CT molecular complexity index is 919. The van der Waals surface area contributed by atoms with E-state index in [9.17, 15) is 27.9 Å². The molecule has 0 spiro atoms. The molecule has 2 N–H and O–H groups in total. The Kier molecular flexibility index (Phi) is 7.20. The normalized spacial score (nSPS) is 13.5. The molecule has 2 rings (SSSR count). The molecule has 0 heterocycles. The van der Waals surface area contributed by atoms with E-state index in [0.29, 0.717) is 22.3 Å². The van der Waals surface area contributed by atoms with Crippen LogP contribution in [0.1, 0.15) is 24.2 Å². The molecule has 0 aliphatic carbocycles. The van der Waals surface area contributed by atoms with E-state index in [1.165, 1.54) is 30.0 Å². The van der Waals surface area contributed by atoms with E-state index in [2.05, 4.69) is 0 Å². The van der Waals surface area contributed by atoms with Crippen LogP contribution in [0.2, 0.25) is 5.02 Å². The lowest BCUT2D eigenvalue weighted by Gasteiger charge is -2.25. The molecular weight excluding hydrogens is 431 g/mol. The lowest BCUT2D eigenvalue weighted by atomic mass is 10.1. The average Bonchev–Trinajstić information content (AvgIpc) is 2.63. The lowest BCUT2D eigenvalue weighted by molar-refractivity contribution is -0.242. The van der Waals surface area contributed by atoms with Gasteiger partial charge in [0.05, 0.1) is 22.9 Å². The van der Waals surface area contributed by atoms with Crippen molar-refractivity contribution in [1.82, 2.24) is 0 Å². The number of carbonyl (C=O) groups excluding carboxylic acids is 2. The SMILES string of the molecule is CCOC(=O)c1ccccc1Sc1ccc(NC(=O)[C@@](C)(O)C(F)(F)F)c(Cl)c1. The quantitative estimate of drug-likeness (QED) is 0.615. The smallest absolute Gasteiger partial charge is 0.426 e. The van der Waals surface area contributed by atoms with E-state index < -0.39 is 23.7 Å². The first-order valence-electron chi connectivity index (χ1n) is 8.31. The second-order valence-electron chi connectivity index (χ2n) is 5.98. The highest BCUT2D eigenvalue weighted by atomic mass is 35.5. The second-order valence-corrected chi connectivity index (χ2v) is 7.51. The molecule has 1 atom stereocenters. The molecule has 156 valence electrons. The van der Waals surface area contributed by atoms with Gasteiger partial charge in [0.1, 0.15) is 0 Å². The molecule has 0 aliphatic rings. The third-order valence-corrected chi connectivity index (χ3v) is 5.17. The zero-order chi connectivity index (χ0) is 21.8. The van der Waals surface area contributed by atoms with Crippen molar-refractivity contribution in [2.75, 3.05) is 11.9 Å². The standard InChI is InChI=1S/C19H17ClF3NO4S/c1-3-28-16(25)12-6-4-5-7-15(12)29-11-8-9-14(13(20)10-11)24-17(26)18(2,27)19(21,22)23/h4-10,27H,3H2,1-2H3,(H,24,26)/t18-/m1/s1. The van der Waals surface area contributed by atoms with Gasteiger partial charge in [0.25, 0.3) is 5.91 Å². The fourth-order valence-electron chi connectivity index (χ4n) is 2.09. The summed E-state index contributed by atoms with van der Waals surface area (Å²) in [6.45, 7) is 2.27. The van der Waals surface area contributed by atoms with Crippen LogP contribution in [-0.4, -0.2) is 35.4 Å². The van der Waals surface area contributed by atoms with Crippen LogP contribution >= 0.6 is 23.4 Å². The summed E-state index contributed by atoms with van der Waals surface area (Å²) in [5.74, 6) is -2.14. The molecule has 0 fully saturated rings. The summed E-state index contributed by atoms with van der Waals surface area (Å²) in [5, 5.41) is 11.4. The van der Waals surface area contributed by atoms with Crippen LogP contribution in [0.15, 0.2) is 52.3 Å². The lowest BCUT2D eigenvalue weighted by Crippen LogP contribution is -2.52. The number of hydrogen-bond donors (Lipinski definition) is 2. The maximum atomic E-state index is 12.8. The van der Waals surface area contributed by atoms with Crippen LogP contribution in [0.25, 0.3) is 0 Å². The number of ether oxygens (including phenoxy) is 1. The Morgan fingerprint density at radius 3 is 2.45 bits per heavy atom. The minimum atomic E-state index is -5.14. The molecule has 0 bridgehead atoms. The predicted molar refractivity (Wildman–Crippen MR) is 103 cm³/mol. The molecule has 0 saturated carbocycles. The predicted octanol–water partition coefficient (Wildman–Crippen LogP) is 4.92.